The molecule has 0 amide bonds. The zero-order valence-corrected chi connectivity index (χ0v) is 15.6. The molecule has 22 heavy (non-hydrogen) atoms. The smallest absolute Gasteiger partial charge is 0.124 e. The summed E-state index contributed by atoms with van der Waals surface area (Å²) < 4.78 is 0. The molecule has 3 rings (SSSR count). The molecule has 116 valence electrons. The highest BCUT2D eigenvalue weighted by molar-refractivity contribution is 7.07. The maximum atomic E-state index is 2.43. The van der Waals surface area contributed by atoms with E-state index in [0.717, 1.165) is 0 Å². The van der Waals surface area contributed by atoms with E-state index in [9.17, 15) is 0 Å². The SMILES string of the molecule is CC(C)[Si]1(C(C)C)c2ccccc2-c2cc(N(C)C)ccc21. The maximum Gasteiger partial charge on any atom is 0.124 e. The summed E-state index contributed by atoms with van der Waals surface area (Å²) in [7, 11) is 2.54. The Morgan fingerprint density at radius 3 is 1.95 bits per heavy atom. The third-order valence-electron chi connectivity index (χ3n) is 5.45. The Labute approximate surface area is 136 Å². The first-order valence-electron chi connectivity index (χ1n) is 8.32. The van der Waals surface area contributed by atoms with Gasteiger partial charge in [0.15, 0.2) is 0 Å². The minimum absolute atomic E-state index is 0.708. The summed E-state index contributed by atoms with van der Waals surface area (Å²) >= 11 is 0. The van der Waals surface area contributed by atoms with E-state index in [4.69, 9.17) is 0 Å². The quantitative estimate of drug-likeness (QED) is 0.771. The van der Waals surface area contributed by atoms with Crippen molar-refractivity contribution in [3.05, 3.63) is 42.5 Å². The van der Waals surface area contributed by atoms with Crippen LogP contribution in [-0.4, -0.2) is 22.2 Å². The van der Waals surface area contributed by atoms with Crippen molar-refractivity contribution in [2.24, 2.45) is 0 Å². The van der Waals surface area contributed by atoms with Crippen LogP contribution in [0.3, 0.4) is 0 Å². The van der Waals surface area contributed by atoms with Crippen LogP contribution in [-0.2, 0) is 0 Å². The summed E-state index contributed by atoms with van der Waals surface area (Å²) in [6.07, 6.45) is 0. The Balaban J connectivity index is 2.37. The number of hydrogen-bond donors (Lipinski definition) is 0. The van der Waals surface area contributed by atoms with Crippen molar-refractivity contribution in [2.45, 2.75) is 38.8 Å². The molecule has 0 N–H and O–H groups in total. The summed E-state index contributed by atoms with van der Waals surface area (Å²) in [6.45, 7) is 9.71. The summed E-state index contributed by atoms with van der Waals surface area (Å²) in [5.41, 5.74) is 5.68. The number of benzene rings is 2. The highest BCUT2D eigenvalue weighted by atomic mass is 28.3. The second-order valence-corrected chi connectivity index (χ2v) is 12.5. The normalized spacial score (nSPS) is 15.1. The number of rotatable bonds is 3. The highest BCUT2D eigenvalue weighted by Gasteiger charge is 2.49. The molecule has 0 fully saturated rings. The van der Waals surface area contributed by atoms with E-state index in [-0.39, 0.29) is 0 Å². The summed E-state index contributed by atoms with van der Waals surface area (Å²) in [5.74, 6) is 0. The average Bonchev–Trinajstić information content (AvgIpc) is 2.77. The third kappa shape index (κ3) is 1.90. The molecule has 1 heterocycles. The predicted octanol–water partition coefficient (Wildman–Crippen LogP) is 4.12. The van der Waals surface area contributed by atoms with Gasteiger partial charge in [0.1, 0.15) is 8.07 Å². The fourth-order valence-corrected chi connectivity index (χ4v) is 10.7. The molecule has 2 aromatic rings. The molecular weight excluding hydrogens is 282 g/mol. The van der Waals surface area contributed by atoms with Gasteiger partial charge in [0, 0.05) is 19.8 Å². The molecule has 1 nitrogen and oxygen atoms in total. The molecule has 1 aliphatic heterocycles. The molecule has 0 bridgehead atoms. The van der Waals surface area contributed by atoms with Crippen molar-refractivity contribution < 1.29 is 0 Å². The van der Waals surface area contributed by atoms with Gasteiger partial charge in [-0.3, -0.25) is 0 Å². The second-order valence-electron chi connectivity index (χ2n) is 7.35. The minimum atomic E-state index is -1.70. The van der Waals surface area contributed by atoms with Crippen LogP contribution < -0.4 is 15.3 Å². The monoisotopic (exact) mass is 309 g/mol. The van der Waals surface area contributed by atoms with Crippen molar-refractivity contribution >= 4 is 24.1 Å². The second kappa shape index (κ2) is 5.27. The van der Waals surface area contributed by atoms with Gasteiger partial charge >= 0.3 is 0 Å². The van der Waals surface area contributed by atoms with Crippen LogP contribution in [0.5, 0.6) is 0 Å². The van der Waals surface area contributed by atoms with Gasteiger partial charge in [-0.2, -0.15) is 0 Å². The van der Waals surface area contributed by atoms with Gasteiger partial charge in [0.05, 0.1) is 0 Å². The lowest BCUT2D eigenvalue weighted by atomic mass is 10.1. The molecular formula is C20H27NSi. The lowest BCUT2D eigenvalue weighted by molar-refractivity contribution is 0.930. The van der Waals surface area contributed by atoms with Gasteiger partial charge < -0.3 is 4.90 Å². The Hall–Kier alpha value is -1.54. The van der Waals surface area contributed by atoms with Gasteiger partial charge in [-0.15, -0.1) is 0 Å². The molecule has 1 aliphatic rings. The topological polar surface area (TPSA) is 3.24 Å². The number of nitrogens with zero attached hydrogens (tertiary/aromatic N) is 1. The molecule has 0 saturated heterocycles. The van der Waals surface area contributed by atoms with Crippen LogP contribution in [0.25, 0.3) is 11.1 Å². The Morgan fingerprint density at radius 1 is 0.773 bits per heavy atom. The summed E-state index contributed by atoms with van der Waals surface area (Å²) in [5, 5.41) is 3.29. The predicted molar refractivity (Wildman–Crippen MR) is 101 cm³/mol. The first-order chi connectivity index (χ1) is 10.4. The van der Waals surface area contributed by atoms with Crippen LogP contribution in [0, 0.1) is 0 Å². The Morgan fingerprint density at radius 2 is 1.36 bits per heavy atom. The van der Waals surface area contributed by atoms with E-state index >= 15 is 0 Å². The first-order valence-corrected chi connectivity index (χ1v) is 10.5. The summed E-state index contributed by atoms with van der Waals surface area (Å²) in [4.78, 5) is 2.20. The Bertz CT molecular complexity index is 693. The number of anilines is 1. The van der Waals surface area contributed by atoms with Crippen LogP contribution in [0.2, 0.25) is 11.1 Å². The van der Waals surface area contributed by atoms with Crippen molar-refractivity contribution in [3.8, 4) is 11.1 Å². The van der Waals surface area contributed by atoms with Crippen LogP contribution >= 0.6 is 0 Å². The van der Waals surface area contributed by atoms with E-state index in [1.165, 1.54) is 16.8 Å². The van der Waals surface area contributed by atoms with Gasteiger partial charge in [0.2, 0.25) is 0 Å². The average molecular weight is 310 g/mol. The van der Waals surface area contributed by atoms with Crippen molar-refractivity contribution in [2.75, 3.05) is 19.0 Å². The zero-order valence-electron chi connectivity index (χ0n) is 14.6. The molecule has 2 heteroatoms. The van der Waals surface area contributed by atoms with Crippen molar-refractivity contribution in [1.29, 1.82) is 0 Å². The molecule has 0 unspecified atom stereocenters. The fourth-order valence-electron chi connectivity index (χ4n) is 4.53. The lowest BCUT2D eigenvalue weighted by Gasteiger charge is -2.38. The Kier molecular flexibility index (Phi) is 3.68. The van der Waals surface area contributed by atoms with E-state index in [1.807, 2.05) is 0 Å². The first kappa shape index (κ1) is 15.4. The lowest BCUT2D eigenvalue weighted by Crippen LogP contribution is -2.60. The number of hydrogen-bond acceptors (Lipinski definition) is 1. The fraction of sp³-hybridized carbons (Fsp3) is 0.400. The third-order valence-corrected chi connectivity index (χ3v) is 11.7. The molecule has 0 aliphatic carbocycles. The van der Waals surface area contributed by atoms with E-state index in [0.29, 0.717) is 11.1 Å². The molecule has 2 aromatic carbocycles. The number of fused-ring (bicyclic) bond motifs is 3. The summed E-state index contributed by atoms with van der Waals surface area (Å²) in [6, 6.07) is 16.3. The standard InChI is InChI=1S/C20H27NSi/c1-14(2)22(15(3)4)19-10-8-7-9-17(19)18-13-16(21(5)6)11-12-20(18)22/h7-15H,1-6H3. The van der Waals surface area contributed by atoms with Gasteiger partial charge in [-0.05, 0) is 44.7 Å². The zero-order chi connectivity index (χ0) is 16.1. The van der Waals surface area contributed by atoms with Gasteiger partial charge in [-0.25, -0.2) is 0 Å². The van der Waals surface area contributed by atoms with Gasteiger partial charge in [0.25, 0.3) is 0 Å². The molecule has 0 spiro atoms. The molecule has 0 atom stereocenters. The van der Waals surface area contributed by atoms with Crippen LogP contribution in [0.15, 0.2) is 42.5 Å². The molecule has 0 radical (unpaired) electrons. The van der Waals surface area contributed by atoms with Crippen molar-refractivity contribution in [3.63, 3.8) is 0 Å². The van der Waals surface area contributed by atoms with E-state index < -0.39 is 8.07 Å². The van der Waals surface area contributed by atoms with Crippen LogP contribution in [0.1, 0.15) is 27.7 Å². The van der Waals surface area contributed by atoms with E-state index in [1.54, 1.807) is 10.4 Å². The van der Waals surface area contributed by atoms with E-state index in [2.05, 4.69) is 89.2 Å². The maximum absolute atomic E-state index is 2.43. The van der Waals surface area contributed by atoms with Gasteiger partial charge in [-0.1, -0.05) is 58.0 Å². The van der Waals surface area contributed by atoms with Crippen molar-refractivity contribution in [1.82, 2.24) is 0 Å². The highest BCUT2D eigenvalue weighted by Crippen LogP contribution is 2.41. The molecule has 0 saturated carbocycles. The minimum Gasteiger partial charge on any atom is -0.378 e. The molecule has 0 aromatic heterocycles. The largest absolute Gasteiger partial charge is 0.378 e. The van der Waals surface area contributed by atoms with Crippen LogP contribution in [0.4, 0.5) is 5.69 Å².